The third kappa shape index (κ3) is 3.91. The summed E-state index contributed by atoms with van der Waals surface area (Å²) in [5.74, 6) is 0. The molecular weight excluding hydrogens is 268 g/mol. The van der Waals surface area contributed by atoms with E-state index in [-0.39, 0.29) is 0 Å². The number of nitrogens with zero attached hydrogens (tertiary/aromatic N) is 1. The molecule has 4 nitrogen and oxygen atoms in total. The Labute approximate surface area is 113 Å². The van der Waals surface area contributed by atoms with Crippen molar-refractivity contribution >= 4 is 21.4 Å². The summed E-state index contributed by atoms with van der Waals surface area (Å²) < 4.78 is 26.0. The van der Waals surface area contributed by atoms with Crippen molar-refractivity contribution in [1.29, 1.82) is 0 Å². The van der Waals surface area contributed by atoms with E-state index >= 15 is 0 Å². The summed E-state index contributed by atoms with van der Waals surface area (Å²) in [4.78, 5) is 1.04. The molecule has 6 heteroatoms. The summed E-state index contributed by atoms with van der Waals surface area (Å²) in [6, 6.07) is 3.53. The van der Waals surface area contributed by atoms with Crippen LogP contribution in [0.2, 0.25) is 0 Å². The molecule has 0 aliphatic heterocycles. The molecule has 18 heavy (non-hydrogen) atoms. The van der Waals surface area contributed by atoms with Crippen molar-refractivity contribution in [1.82, 2.24) is 9.62 Å². The number of rotatable bonds is 8. The van der Waals surface area contributed by atoms with E-state index < -0.39 is 10.0 Å². The van der Waals surface area contributed by atoms with Gasteiger partial charge >= 0.3 is 0 Å². The quantitative estimate of drug-likeness (QED) is 0.588. The van der Waals surface area contributed by atoms with E-state index in [9.17, 15) is 8.42 Å². The summed E-state index contributed by atoms with van der Waals surface area (Å²) in [5.41, 5.74) is 0. The number of sulfonamides is 1. The zero-order valence-corrected chi connectivity index (χ0v) is 12.5. The van der Waals surface area contributed by atoms with E-state index in [2.05, 4.69) is 18.8 Å². The van der Waals surface area contributed by atoms with Crippen LogP contribution in [-0.4, -0.2) is 32.9 Å². The van der Waals surface area contributed by atoms with Crippen molar-refractivity contribution < 1.29 is 8.42 Å². The molecule has 0 bridgehead atoms. The third-order valence-corrected chi connectivity index (χ3v) is 5.79. The molecule has 0 radical (unpaired) electrons. The lowest BCUT2D eigenvalue weighted by molar-refractivity contribution is 0.501. The average molecular weight is 288 g/mol. The molecule has 0 aliphatic carbocycles. The molecule has 0 fully saturated rings. The number of hydrogen-bond acceptors (Lipinski definition) is 4. The molecule has 1 aromatic heterocycles. The Morgan fingerprint density at radius 2 is 2.22 bits per heavy atom. The largest absolute Gasteiger partial charge is 0.312 e. The normalized spacial score (nSPS) is 11.9. The van der Waals surface area contributed by atoms with Crippen LogP contribution in [0.15, 0.2) is 29.0 Å². The van der Waals surface area contributed by atoms with Crippen molar-refractivity contribution in [2.75, 3.05) is 20.1 Å². The van der Waals surface area contributed by atoms with Gasteiger partial charge in [-0.3, -0.25) is 0 Å². The predicted molar refractivity (Wildman–Crippen MR) is 76.3 cm³/mol. The Kier molecular flexibility index (Phi) is 6.01. The highest BCUT2D eigenvalue weighted by Crippen LogP contribution is 2.24. The molecule has 0 aliphatic rings. The topological polar surface area (TPSA) is 49.4 Å². The first kappa shape index (κ1) is 15.4. The molecule has 1 N–H and O–H groups in total. The van der Waals surface area contributed by atoms with E-state index in [1.165, 1.54) is 15.6 Å². The van der Waals surface area contributed by atoms with Crippen molar-refractivity contribution in [2.45, 2.75) is 24.1 Å². The van der Waals surface area contributed by atoms with Crippen molar-refractivity contribution in [2.24, 2.45) is 0 Å². The molecular formula is C12H20N2O2S2. The van der Waals surface area contributed by atoms with Gasteiger partial charge in [0, 0.05) is 25.0 Å². The van der Waals surface area contributed by atoms with Crippen molar-refractivity contribution in [3.8, 4) is 0 Å². The van der Waals surface area contributed by atoms with E-state index in [0.29, 0.717) is 10.8 Å². The van der Waals surface area contributed by atoms with Gasteiger partial charge in [0.05, 0.1) is 0 Å². The Balaban J connectivity index is 2.75. The maximum Gasteiger partial charge on any atom is 0.252 e. The van der Waals surface area contributed by atoms with E-state index in [1.54, 1.807) is 19.2 Å². The molecule has 1 rings (SSSR count). The van der Waals surface area contributed by atoms with Gasteiger partial charge in [0.25, 0.3) is 10.0 Å². The highest BCUT2D eigenvalue weighted by Gasteiger charge is 2.21. The molecule has 0 unspecified atom stereocenters. The molecule has 0 saturated carbocycles. The summed E-state index contributed by atoms with van der Waals surface area (Å²) in [5, 5.41) is 3.26. The van der Waals surface area contributed by atoms with Gasteiger partial charge < -0.3 is 5.32 Å². The van der Waals surface area contributed by atoms with Crippen LogP contribution in [-0.2, 0) is 16.6 Å². The monoisotopic (exact) mass is 288 g/mol. The smallest absolute Gasteiger partial charge is 0.252 e. The summed E-state index contributed by atoms with van der Waals surface area (Å²) in [6.07, 6.45) is 2.65. The van der Waals surface area contributed by atoms with Crippen LogP contribution in [0, 0.1) is 0 Å². The van der Waals surface area contributed by atoms with Gasteiger partial charge in [-0.05, 0) is 25.1 Å². The van der Waals surface area contributed by atoms with Crippen LogP contribution < -0.4 is 5.32 Å². The van der Waals surface area contributed by atoms with Gasteiger partial charge in [-0.25, -0.2) is 8.42 Å². The van der Waals surface area contributed by atoms with E-state index in [4.69, 9.17) is 0 Å². The average Bonchev–Trinajstić information content (AvgIpc) is 2.79. The van der Waals surface area contributed by atoms with Crippen LogP contribution in [0.4, 0.5) is 0 Å². The molecule has 0 saturated heterocycles. The lowest BCUT2D eigenvalue weighted by Crippen LogP contribution is -2.26. The van der Waals surface area contributed by atoms with E-state index in [0.717, 1.165) is 24.4 Å². The fraction of sp³-hybridized carbons (Fsp3) is 0.500. The fourth-order valence-electron chi connectivity index (χ4n) is 1.41. The summed E-state index contributed by atoms with van der Waals surface area (Å²) in [6.45, 7) is 7.63. The molecule has 0 spiro atoms. The summed E-state index contributed by atoms with van der Waals surface area (Å²) in [7, 11) is -1.80. The molecule has 1 aromatic rings. The van der Waals surface area contributed by atoms with Crippen LogP contribution in [0.25, 0.3) is 0 Å². The van der Waals surface area contributed by atoms with Gasteiger partial charge in [0.1, 0.15) is 4.21 Å². The van der Waals surface area contributed by atoms with Crippen LogP contribution in [0.3, 0.4) is 0 Å². The molecule has 0 atom stereocenters. The zero-order chi connectivity index (χ0) is 13.6. The first-order valence-electron chi connectivity index (χ1n) is 5.89. The molecule has 0 aromatic carbocycles. The van der Waals surface area contributed by atoms with Gasteiger partial charge in [0.2, 0.25) is 0 Å². The number of hydrogen-bond donors (Lipinski definition) is 1. The number of nitrogens with one attached hydrogen (secondary N) is 1. The first-order valence-corrected chi connectivity index (χ1v) is 8.14. The predicted octanol–water partition coefficient (Wildman–Crippen LogP) is 2.05. The minimum absolute atomic E-state index is 0.323. The highest BCUT2D eigenvalue weighted by atomic mass is 32.2. The second-order valence-corrected chi connectivity index (χ2v) is 7.41. The lowest BCUT2D eigenvalue weighted by Gasteiger charge is -2.13. The number of thiophene rings is 1. The standard InChI is InChI=1S/C12H20N2O2S2/c1-4-8-13-10-11-6-7-12(17-11)18(15,16)14(3)9-5-2/h5-7,13H,2,4,8-10H2,1,3H3. The Morgan fingerprint density at radius 1 is 1.50 bits per heavy atom. The fourth-order valence-corrected chi connectivity index (χ4v) is 4.09. The maximum atomic E-state index is 12.1. The maximum absolute atomic E-state index is 12.1. The summed E-state index contributed by atoms with van der Waals surface area (Å²) >= 11 is 1.32. The second kappa shape index (κ2) is 7.04. The highest BCUT2D eigenvalue weighted by molar-refractivity contribution is 7.91. The van der Waals surface area contributed by atoms with Crippen molar-refractivity contribution in [3.63, 3.8) is 0 Å². The van der Waals surface area contributed by atoms with Gasteiger partial charge in [0.15, 0.2) is 0 Å². The van der Waals surface area contributed by atoms with Crippen LogP contribution in [0.1, 0.15) is 18.2 Å². The van der Waals surface area contributed by atoms with Crippen molar-refractivity contribution in [3.05, 3.63) is 29.7 Å². The zero-order valence-electron chi connectivity index (χ0n) is 10.8. The second-order valence-electron chi connectivity index (χ2n) is 3.97. The van der Waals surface area contributed by atoms with Crippen LogP contribution >= 0.6 is 11.3 Å². The Bertz CT molecular complexity index is 480. The van der Waals surface area contributed by atoms with Crippen LogP contribution in [0.5, 0.6) is 0 Å². The molecule has 102 valence electrons. The first-order chi connectivity index (χ1) is 8.52. The minimum Gasteiger partial charge on any atom is -0.312 e. The van der Waals surface area contributed by atoms with Gasteiger partial charge in [-0.1, -0.05) is 13.0 Å². The minimum atomic E-state index is -3.36. The lowest BCUT2D eigenvalue weighted by atomic mass is 10.4. The number of likely N-dealkylation sites (N-methyl/N-ethyl adjacent to an activating group) is 1. The van der Waals surface area contributed by atoms with Gasteiger partial charge in [-0.15, -0.1) is 17.9 Å². The third-order valence-electron chi connectivity index (χ3n) is 2.41. The van der Waals surface area contributed by atoms with Gasteiger partial charge in [-0.2, -0.15) is 4.31 Å². The van der Waals surface area contributed by atoms with E-state index in [1.807, 2.05) is 6.07 Å². The Morgan fingerprint density at radius 3 is 2.83 bits per heavy atom. The SMILES string of the molecule is C=CCN(C)S(=O)(=O)c1ccc(CNCCC)s1. The Hall–Kier alpha value is -0.690. The molecule has 0 amide bonds. The molecule has 1 heterocycles.